The van der Waals surface area contributed by atoms with E-state index in [9.17, 15) is 4.39 Å². The molecule has 2 rings (SSSR count). The maximum atomic E-state index is 13.0. The summed E-state index contributed by atoms with van der Waals surface area (Å²) in [6, 6.07) is 0. The SMILES string of the molecule is F[C@@H]1C2CCC1[C@H](Br)C2. The average Bonchev–Trinajstić information content (AvgIpc) is 2.25. The lowest BCUT2D eigenvalue weighted by Gasteiger charge is -2.12. The summed E-state index contributed by atoms with van der Waals surface area (Å²) >= 11 is 3.50. The van der Waals surface area contributed by atoms with Gasteiger partial charge in [0.15, 0.2) is 0 Å². The van der Waals surface area contributed by atoms with Crippen molar-refractivity contribution in [2.24, 2.45) is 11.8 Å². The van der Waals surface area contributed by atoms with Crippen molar-refractivity contribution < 1.29 is 4.39 Å². The van der Waals surface area contributed by atoms with E-state index in [4.69, 9.17) is 0 Å². The minimum Gasteiger partial charge on any atom is -0.247 e. The van der Waals surface area contributed by atoms with E-state index >= 15 is 0 Å². The largest absolute Gasteiger partial charge is 0.247 e. The molecule has 0 heterocycles. The second-order valence-electron chi connectivity index (χ2n) is 3.20. The second kappa shape index (κ2) is 1.94. The Balaban J connectivity index is 2.16. The van der Waals surface area contributed by atoms with Gasteiger partial charge in [-0.25, -0.2) is 4.39 Å². The fraction of sp³-hybridized carbons (Fsp3) is 1.00. The topological polar surface area (TPSA) is 0 Å². The number of fused-ring (bicyclic) bond motifs is 2. The van der Waals surface area contributed by atoms with Crippen LogP contribution in [0, 0.1) is 11.8 Å². The summed E-state index contributed by atoms with van der Waals surface area (Å²) in [5.74, 6) is 0.759. The first-order valence-electron chi connectivity index (χ1n) is 3.57. The lowest BCUT2D eigenvalue weighted by Crippen LogP contribution is -2.11. The van der Waals surface area contributed by atoms with E-state index in [0.717, 1.165) is 19.3 Å². The predicted molar refractivity (Wildman–Crippen MR) is 38.4 cm³/mol. The van der Waals surface area contributed by atoms with Crippen molar-refractivity contribution >= 4 is 15.9 Å². The maximum Gasteiger partial charge on any atom is 0.107 e. The smallest absolute Gasteiger partial charge is 0.107 e. The van der Waals surface area contributed by atoms with Crippen molar-refractivity contribution in [3.05, 3.63) is 0 Å². The van der Waals surface area contributed by atoms with Crippen molar-refractivity contribution in [1.29, 1.82) is 0 Å². The summed E-state index contributed by atoms with van der Waals surface area (Å²) in [6.07, 6.45) is 2.84. The summed E-state index contributed by atoms with van der Waals surface area (Å²) in [5.41, 5.74) is 0. The molecular weight excluding hydrogens is 183 g/mol. The zero-order chi connectivity index (χ0) is 6.43. The first-order chi connectivity index (χ1) is 4.29. The zero-order valence-electron chi connectivity index (χ0n) is 5.19. The predicted octanol–water partition coefficient (Wildman–Crippen LogP) is 2.52. The van der Waals surface area contributed by atoms with Gasteiger partial charge in [0.2, 0.25) is 0 Å². The van der Waals surface area contributed by atoms with Gasteiger partial charge < -0.3 is 0 Å². The van der Waals surface area contributed by atoms with E-state index in [1.165, 1.54) is 0 Å². The van der Waals surface area contributed by atoms with E-state index in [0.29, 0.717) is 16.7 Å². The van der Waals surface area contributed by atoms with E-state index in [1.807, 2.05) is 0 Å². The number of rotatable bonds is 0. The molecule has 0 aromatic heterocycles. The molecule has 4 atom stereocenters. The molecule has 0 saturated heterocycles. The number of halogens is 2. The molecule has 2 bridgehead atoms. The van der Waals surface area contributed by atoms with Crippen molar-refractivity contribution in [1.82, 2.24) is 0 Å². The molecule has 2 fully saturated rings. The normalized spacial score (nSPS) is 56.7. The van der Waals surface area contributed by atoms with E-state index in [2.05, 4.69) is 15.9 Å². The molecule has 0 nitrogen and oxygen atoms in total. The molecule has 0 radical (unpaired) electrons. The van der Waals surface area contributed by atoms with Crippen LogP contribution in [0.3, 0.4) is 0 Å². The van der Waals surface area contributed by atoms with Crippen LogP contribution in [0.5, 0.6) is 0 Å². The van der Waals surface area contributed by atoms with Gasteiger partial charge in [-0.2, -0.15) is 0 Å². The Labute approximate surface area is 63.0 Å². The molecule has 2 aliphatic rings. The highest BCUT2D eigenvalue weighted by atomic mass is 79.9. The average molecular weight is 193 g/mol. The minimum absolute atomic E-state index is 0.356. The van der Waals surface area contributed by atoms with Gasteiger partial charge in [0, 0.05) is 10.7 Å². The highest BCUT2D eigenvalue weighted by Crippen LogP contribution is 2.49. The highest BCUT2D eigenvalue weighted by molar-refractivity contribution is 9.09. The Hall–Kier alpha value is 0.410. The van der Waals surface area contributed by atoms with Crippen LogP contribution in [0.4, 0.5) is 4.39 Å². The molecule has 0 N–H and O–H groups in total. The molecule has 2 saturated carbocycles. The third-order valence-electron chi connectivity index (χ3n) is 2.72. The Kier molecular flexibility index (Phi) is 1.33. The fourth-order valence-electron chi connectivity index (χ4n) is 2.17. The number of hydrogen-bond donors (Lipinski definition) is 0. The second-order valence-corrected chi connectivity index (χ2v) is 4.37. The molecule has 9 heavy (non-hydrogen) atoms. The van der Waals surface area contributed by atoms with Crippen LogP contribution < -0.4 is 0 Å². The van der Waals surface area contributed by atoms with Gasteiger partial charge in [0.25, 0.3) is 0 Å². The maximum absolute atomic E-state index is 13.0. The van der Waals surface area contributed by atoms with E-state index in [1.54, 1.807) is 0 Å². The first kappa shape index (κ1) is 6.14. The molecule has 0 spiro atoms. The van der Waals surface area contributed by atoms with Gasteiger partial charge in [0.05, 0.1) is 0 Å². The number of alkyl halides is 2. The van der Waals surface area contributed by atoms with Crippen molar-refractivity contribution in [3.8, 4) is 0 Å². The van der Waals surface area contributed by atoms with Gasteiger partial charge in [-0.05, 0) is 25.2 Å². The Morgan fingerprint density at radius 1 is 1.33 bits per heavy atom. The van der Waals surface area contributed by atoms with Gasteiger partial charge in [-0.1, -0.05) is 15.9 Å². The van der Waals surface area contributed by atoms with Crippen LogP contribution in [0.1, 0.15) is 19.3 Å². The molecule has 0 aliphatic heterocycles. The van der Waals surface area contributed by atoms with Gasteiger partial charge in [0.1, 0.15) is 6.17 Å². The minimum atomic E-state index is -0.477. The van der Waals surface area contributed by atoms with Crippen LogP contribution in [0.25, 0.3) is 0 Å². The lowest BCUT2D eigenvalue weighted by molar-refractivity contribution is 0.264. The molecule has 2 aliphatic carbocycles. The third-order valence-corrected chi connectivity index (χ3v) is 3.78. The standard InChI is InChI=1S/C7H10BrF/c8-6-3-4-1-2-5(6)7(4)9/h4-7H,1-3H2/t4?,5?,6-,7-/m1/s1. The summed E-state index contributed by atoms with van der Waals surface area (Å²) in [6.45, 7) is 0. The summed E-state index contributed by atoms with van der Waals surface area (Å²) in [4.78, 5) is 0.492. The summed E-state index contributed by atoms with van der Waals surface area (Å²) < 4.78 is 13.0. The monoisotopic (exact) mass is 192 g/mol. The summed E-state index contributed by atoms with van der Waals surface area (Å²) in [5, 5.41) is 0. The number of hydrogen-bond acceptors (Lipinski definition) is 0. The third kappa shape index (κ3) is 0.754. The zero-order valence-corrected chi connectivity index (χ0v) is 6.77. The molecule has 0 amide bonds. The first-order valence-corrected chi connectivity index (χ1v) is 4.49. The van der Waals surface area contributed by atoms with Gasteiger partial charge >= 0.3 is 0 Å². The fourth-order valence-corrected chi connectivity index (χ4v) is 3.20. The Morgan fingerprint density at radius 2 is 2.11 bits per heavy atom. The lowest BCUT2D eigenvalue weighted by atomic mass is 10.0. The van der Waals surface area contributed by atoms with Gasteiger partial charge in [-0.3, -0.25) is 0 Å². The van der Waals surface area contributed by atoms with E-state index in [-0.39, 0.29) is 0 Å². The van der Waals surface area contributed by atoms with Crippen molar-refractivity contribution in [2.45, 2.75) is 30.3 Å². The molecular formula is C7H10BrF. The van der Waals surface area contributed by atoms with Crippen molar-refractivity contribution in [3.63, 3.8) is 0 Å². The molecule has 52 valence electrons. The molecule has 0 aromatic carbocycles. The van der Waals surface area contributed by atoms with Crippen LogP contribution >= 0.6 is 15.9 Å². The summed E-state index contributed by atoms with van der Waals surface area (Å²) in [7, 11) is 0. The molecule has 0 aromatic rings. The van der Waals surface area contributed by atoms with Crippen LogP contribution in [0.2, 0.25) is 0 Å². The van der Waals surface area contributed by atoms with E-state index < -0.39 is 6.17 Å². The van der Waals surface area contributed by atoms with Crippen LogP contribution in [-0.2, 0) is 0 Å². The van der Waals surface area contributed by atoms with Gasteiger partial charge in [-0.15, -0.1) is 0 Å². The Bertz CT molecular complexity index is 126. The van der Waals surface area contributed by atoms with Crippen LogP contribution in [0.15, 0.2) is 0 Å². The quantitative estimate of drug-likeness (QED) is 0.518. The molecule has 2 unspecified atom stereocenters. The highest BCUT2D eigenvalue weighted by Gasteiger charge is 2.47. The molecule has 2 heteroatoms. The van der Waals surface area contributed by atoms with Crippen molar-refractivity contribution in [2.75, 3.05) is 0 Å². The Morgan fingerprint density at radius 3 is 2.33 bits per heavy atom. The van der Waals surface area contributed by atoms with Crippen LogP contribution in [-0.4, -0.2) is 11.0 Å².